The van der Waals surface area contributed by atoms with Crippen molar-refractivity contribution in [1.82, 2.24) is 14.9 Å². The molecule has 2 aromatic rings. The number of nitrogens with zero attached hydrogens (tertiary/aromatic N) is 4. The summed E-state index contributed by atoms with van der Waals surface area (Å²) in [6.45, 7) is 4.13. The molecule has 3 rings (SSSR count). The van der Waals surface area contributed by atoms with Gasteiger partial charge in [0.15, 0.2) is 0 Å². The van der Waals surface area contributed by atoms with Gasteiger partial charge in [0.25, 0.3) is 0 Å². The van der Waals surface area contributed by atoms with Crippen LogP contribution < -0.4 is 10.2 Å². The molecule has 1 saturated heterocycles. The van der Waals surface area contributed by atoms with Gasteiger partial charge in [0, 0.05) is 45.0 Å². The zero-order valence-electron chi connectivity index (χ0n) is 14.1. The molecule has 0 saturated carbocycles. The Balaban J connectivity index is 1.67. The predicted molar refractivity (Wildman–Crippen MR) is 91.2 cm³/mol. The molecule has 0 bridgehead atoms. The highest BCUT2D eigenvalue weighted by molar-refractivity contribution is 5.73. The van der Waals surface area contributed by atoms with Gasteiger partial charge in [-0.05, 0) is 30.3 Å². The maximum absolute atomic E-state index is 12.6. The molecule has 1 aliphatic rings. The van der Waals surface area contributed by atoms with Gasteiger partial charge >= 0.3 is 6.18 Å². The van der Waals surface area contributed by atoms with Crippen LogP contribution in [-0.4, -0.2) is 47.0 Å². The summed E-state index contributed by atoms with van der Waals surface area (Å²) in [6.07, 6.45) is -2.77. The van der Waals surface area contributed by atoms with Crippen LogP contribution in [0, 0.1) is 0 Å². The maximum Gasteiger partial charge on any atom is 0.416 e. The van der Waals surface area contributed by atoms with Crippen LogP contribution in [0.5, 0.6) is 0 Å². The van der Waals surface area contributed by atoms with E-state index in [2.05, 4.69) is 15.3 Å². The highest BCUT2D eigenvalue weighted by Crippen LogP contribution is 2.30. The number of carbonyl (C=O) groups excluding carboxylic acids is 1. The highest BCUT2D eigenvalue weighted by atomic mass is 19.4. The Labute approximate surface area is 148 Å². The number of benzene rings is 1. The Morgan fingerprint density at radius 1 is 1.08 bits per heavy atom. The number of anilines is 3. The summed E-state index contributed by atoms with van der Waals surface area (Å²) >= 11 is 0. The summed E-state index contributed by atoms with van der Waals surface area (Å²) in [5.41, 5.74) is -0.238. The molecule has 0 radical (unpaired) electrons. The first-order chi connectivity index (χ1) is 12.3. The fraction of sp³-hybridized carbons (Fsp3) is 0.353. The summed E-state index contributed by atoms with van der Waals surface area (Å²) in [4.78, 5) is 23.7. The van der Waals surface area contributed by atoms with Crippen LogP contribution in [0.2, 0.25) is 0 Å². The van der Waals surface area contributed by atoms with E-state index in [1.54, 1.807) is 24.1 Å². The van der Waals surface area contributed by atoms with Gasteiger partial charge in [0.1, 0.15) is 5.82 Å². The fourth-order valence-electron chi connectivity index (χ4n) is 2.71. The number of amides is 1. The number of carbonyl (C=O) groups is 1. The molecule has 0 atom stereocenters. The molecule has 1 N–H and O–H groups in total. The number of nitrogens with one attached hydrogen (secondary N) is 1. The van der Waals surface area contributed by atoms with Crippen LogP contribution in [0.3, 0.4) is 0 Å². The minimum absolute atomic E-state index is 0.0528. The van der Waals surface area contributed by atoms with Crippen LogP contribution in [0.25, 0.3) is 0 Å². The topological polar surface area (TPSA) is 61.4 Å². The van der Waals surface area contributed by atoms with E-state index in [0.29, 0.717) is 43.6 Å². The number of hydrogen-bond acceptors (Lipinski definition) is 5. The van der Waals surface area contributed by atoms with Crippen molar-refractivity contribution in [3.05, 3.63) is 42.1 Å². The SMILES string of the molecule is CC(=O)N1CCN(c2ccnc(Nc3ccc(C(F)(F)F)cc3)n2)CC1. The molecule has 1 aliphatic heterocycles. The Morgan fingerprint density at radius 3 is 2.31 bits per heavy atom. The molecule has 0 unspecified atom stereocenters. The van der Waals surface area contributed by atoms with Gasteiger partial charge in [0.2, 0.25) is 11.9 Å². The van der Waals surface area contributed by atoms with Crippen LogP contribution in [-0.2, 0) is 11.0 Å². The van der Waals surface area contributed by atoms with Crippen molar-refractivity contribution in [2.45, 2.75) is 13.1 Å². The number of halogens is 3. The smallest absolute Gasteiger partial charge is 0.353 e. The van der Waals surface area contributed by atoms with E-state index in [1.807, 2.05) is 4.90 Å². The van der Waals surface area contributed by atoms with Crippen molar-refractivity contribution in [1.29, 1.82) is 0 Å². The fourth-order valence-corrected chi connectivity index (χ4v) is 2.71. The number of alkyl halides is 3. The third-order valence-electron chi connectivity index (χ3n) is 4.16. The summed E-state index contributed by atoms with van der Waals surface area (Å²) in [5, 5.41) is 2.91. The lowest BCUT2D eigenvalue weighted by Gasteiger charge is -2.34. The monoisotopic (exact) mass is 365 g/mol. The second-order valence-electron chi connectivity index (χ2n) is 5.93. The maximum atomic E-state index is 12.6. The molecule has 26 heavy (non-hydrogen) atoms. The molecular weight excluding hydrogens is 347 g/mol. The molecule has 9 heteroatoms. The number of aromatic nitrogens is 2. The predicted octanol–water partition coefficient (Wildman–Crippen LogP) is 2.91. The van der Waals surface area contributed by atoms with Gasteiger partial charge in [-0.15, -0.1) is 0 Å². The number of hydrogen-bond donors (Lipinski definition) is 1. The summed E-state index contributed by atoms with van der Waals surface area (Å²) in [7, 11) is 0. The molecule has 0 aliphatic carbocycles. The third-order valence-corrected chi connectivity index (χ3v) is 4.16. The second-order valence-corrected chi connectivity index (χ2v) is 5.93. The van der Waals surface area contributed by atoms with Gasteiger partial charge in [-0.3, -0.25) is 4.79 Å². The van der Waals surface area contributed by atoms with Crippen LogP contribution in [0.4, 0.5) is 30.6 Å². The summed E-state index contributed by atoms with van der Waals surface area (Å²) in [5.74, 6) is 1.06. The van der Waals surface area contributed by atoms with E-state index in [-0.39, 0.29) is 5.91 Å². The molecule has 138 valence electrons. The Bertz CT molecular complexity index is 771. The van der Waals surface area contributed by atoms with Crippen molar-refractivity contribution in [3.8, 4) is 0 Å². The molecule has 0 spiro atoms. The third kappa shape index (κ3) is 4.22. The van der Waals surface area contributed by atoms with Gasteiger partial charge in [-0.25, -0.2) is 4.98 Å². The van der Waals surface area contributed by atoms with Crippen molar-refractivity contribution in [2.75, 3.05) is 36.4 Å². The van der Waals surface area contributed by atoms with Gasteiger partial charge < -0.3 is 15.1 Å². The lowest BCUT2D eigenvalue weighted by molar-refractivity contribution is -0.137. The number of rotatable bonds is 3. The average molecular weight is 365 g/mol. The molecular formula is C17H18F3N5O. The molecule has 1 aromatic carbocycles. The minimum Gasteiger partial charge on any atom is -0.353 e. The first kappa shape index (κ1) is 18.0. The molecule has 1 amide bonds. The van der Waals surface area contributed by atoms with Crippen molar-refractivity contribution in [3.63, 3.8) is 0 Å². The Morgan fingerprint density at radius 2 is 1.73 bits per heavy atom. The van der Waals surface area contributed by atoms with E-state index in [4.69, 9.17) is 0 Å². The average Bonchev–Trinajstić information content (AvgIpc) is 2.62. The zero-order valence-corrected chi connectivity index (χ0v) is 14.1. The molecule has 1 fully saturated rings. The normalized spacial score (nSPS) is 15.1. The van der Waals surface area contributed by atoms with E-state index < -0.39 is 11.7 Å². The zero-order chi connectivity index (χ0) is 18.7. The Kier molecular flexibility index (Phi) is 4.97. The minimum atomic E-state index is -4.36. The molecule has 1 aromatic heterocycles. The largest absolute Gasteiger partial charge is 0.416 e. The van der Waals surface area contributed by atoms with Gasteiger partial charge in [-0.2, -0.15) is 18.2 Å². The van der Waals surface area contributed by atoms with E-state index in [9.17, 15) is 18.0 Å². The van der Waals surface area contributed by atoms with Crippen molar-refractivity contribution < 1.29 is 18.0 Å². The van der Waals surface area contributed by atoms with Crippen LogP contribution in [0.1, 0.15) is 12.5 Å². The van der Waals surface area contributed by atoms with Crippen LogP contribution >= 0.6 is 0 Å². The summed E-state index contributed by atoms with van der Waals surface area (Å²) < 4.78 is 37.8. The van der Waals surface area contributed by atoms with Crippen molar-refractivity contribution >= 4 is 23.4 Å². The second kappa shape index (κ2) is 7.19. The molecule has 2 heterocycles. The van der Waals surface area contributed by atoms with Crippen LogP contribution in [0.15, 0.2) is 36.5 Å². The van der Waals surface area contributed by atoms with E-state index >= 15 is 0 Å². The highest BCUT2D eigenvalue weighted by Gasteiger charge is 2.30. The van der Waals surface area contributed by atoms with Gasteiger partial charge in [0.05, 0.1) is 5.56 Å². The van der Waals surface area contributed by atoms with E-state index in [1.165, 1.54) is 12.1 Å². The molecule has 6 nitrogen and oxygen atoms in total. The van der Waals surface area contributed by atoms with Gasteiger partial charge in [-0.1, -0.05) is 0 Å². The first-order valence-electron chi connectivity index (χ1n) is 8.11. The quantitative estimate of drug-likeness (QED) is 0.906. The van der Waals surface area contributed by atoms with Crippen molar-refractivity contribution in [2.24, 2.45) is 0 Å². The number of piperazine rings is 1. The summed E-state index contributed by atoms with van der Waals surface area (Å²) in [6, 6.07) is 6.46. The first-order valence-corrected chi connectivity index (χ1v) is 8.11. The van der Waals surface area contributed by atoms with E-state index in [0.717, 1.165) is 12.1 Å². The lowest BCUT2D eigenvalue weighted by atomic mass is 10.2. The standard InChI is InChI=1S/C17H18F3N5O/c1-12(26)24-8-10-25(11-9-24)15-6-7-21-16(23-15)22-14-4-2-13(3-5-14)17(18,19)20/h2-7H,8-11H2,1H3,(H,21,22,23). The Hall–Kier alpha value is -2.84. The lowest BCUT2D eigenvalue weighted by Crippen LogP contribution is -2.48.